The maximum absolute atomic E-state index is 12.5. The van der Waals surface area contributed by atoms with Gasteiger partial charge in [0.05, 0.1) is 20.4 Å². The van der Waals surface area contributed by atoms with Crippen molar-refractivity contribution in [2.45, 2.75) is 19.9 Å². The molecule has 0 fully saturated rings. The largest absolute Gasteiger partial charge is 0.493 e. The molecule has 0 unspecified atom stereocenters. The van der Waals surface area contributed by atoms with Gasteiger partial charge in [-0.3, -0.25) is 9.48 Å². The second kappa shape index (κ2) is 5.68. The summed E-state index contributed by atoms with van der Waals surface area (Å²) in [6.45, 7) is 3.87. The molecule has 20 heavy (non-hydrogen) atoms. The highest BCUT2D eigenvalue weighted by molar-refractivity contribution is 6.08. The summed E-state index contributed by atoms with van der Waals surface area (Å²) in [4.78, 5) is 12.5. The number of carbonyl (C=O) groups excluding carboxylic acids is 1. The quantitative estimate of drug-likeness (QED) is 0.770. The van der Waals surface area contributed by atoms with Crippen LogP contribution in [0.15, 0.2) is 18.3 Å². The second-order valence-corrected chi connectivity index (χ2v) is 4.39. The van der Waals surface area contributed by atoms with Crippen LogP contribution in [-0.4, -0.2) is 40.0 Å². The molecule has 0 aliphatic carbocycles. The standard InChI is InChI=1S/C13H16N4O3/c1-8(2)17-12(10(19-3)7-14-17)13(18)9-5-6-11(20-4)16-15-9/h5-8H,1-4H3. The minimum atomic E-state index is -0.289. The Labute approximate surface area is 116 Å². The van der Waals surface area contributed by atoms with Crippen molar-refractivity contribution in [3.05, 3.63) is 29.7 Å². The first-order valence-corrected chi connectivity index (χ1v) is 6.12. The first-order valence-electron chi connectivity index (χ1n) is 6.12. The Kier molecular flexibility index (Phi) is 3.97. The molecule has 0 N–H and O–H groups in total. The van der Waals surface area contributed by atoms with E-state index in [1.54, 1.807) is 16.8 Å². The highest BCUT2D eigenvalue weighted by Crippen LogP contribution is 2.23. The van der Waals surface area contributed by atoms with Crippen LogP contribution in [0, 0.1) is 0 Å². The first kappa shape index (κ1) is 14.0. The van der Waals surface area contributed by atoms with Crippen molar-refractivity contribution in [2.75, 3.05) is 14.2 Å². The van der Waals surface area contributed by atoms with Crippen LogP contribution in [0.2, 0.25) is 0 Å². The van der Waals surface area contributed by atoms with E-state index < -0.39 is 0 Å². The lowest BCUT2D eigenvalue weighted by Crippen LogP contribution is -2.15. The van der Waals surface area contributed by atoms with Crippen LogP contribution < -0.4 is 9.47 Å². The predicted molar refractivity (Wildman–Crippen MR) is 71.2 cm³/mol. The smallest absolute Gasteiger partial charge is 0.235 e. The number of methoxy groups -OCH3 is 2. The molecular formula is C13H16N4O3. The van der Waals surface area contributed by atoms with E-state index in [1.807, 2.05) is 13.8 Å². The van der Waals surface area contributed by atoms with Crippen LogP contribution in [0.4, 0.5) is 0 Å². The van der Waals surface area contributed by atoms with E-state index in [2.05, 4.69) is 15.3 Å². The minimum absolute atomic E-state index is 0.0315. The molecule has 0 saturated heterocycles. The van der Waals surface area contributed by atoms with Gasteiger partial charge in [0, 0.05) is 12.1 Å². The zero-order valence-electron chi connectivity index (χ0n) is 11.8. The second-order valence-electron chi connectivity index (χ2n) is 4.39. The number of ether oxygens (including phenoxy) is 2. The average molecular weight is 276 g/mol. The van der Waals surface area contributed by atoms with E-state index in [9.17, 15) is 4.79 Å². The highest BCUT2D eigenvalue weighted by Gasteiger charge is 2.23. The maximum atomic E-state index is 12.5. The Bertz CT molecular complexity index is 605. The van der Waals surface area contributed by atoms with Crippen LogP contribution in [0.1, 0.15) is 36.1 Å². The highest BCUT2D eigenvalue weighted by atomic mass is 16.5. The summed E-state index contributed by atoms with van der Waals surface area (Å²) in [6, 6.07) is 3.18. The molecule has 0 aliphatic rings. The van der Waals surface area contributed by atoms with Gasteiger partial charge in [0.2, 0.25) is 11.7 Å². The van der Waals surface area contributed by atoms with Crippen molar-refractivity contribution in [3.8, 4) is 11.6 Å². The van der Waals surface area contributed by atoms with Crippen LogP contribution in [-0.2, 0) is 0 Å². The summed E-state index contributed by atoms with van der Waals surface area (Å²) < 4.78 is 11.7. The molecule has 0 saturated carbocycles. The molecule has 0 aliphatic heterocycles. The number of nitrogens with zero attached hydrogens (tertiary/aromatic N) is 4. The first-order chi connectivity index (χ1) is 9.58. The van der Waals surface area contributed by atoms with Crippen molar-refractivity contribution >= 4 is 5.78 Å². The molecule has 106 valence electrons. The van der Waals surface area contributed by atoms with Crippen molar-refractivity contribution in [3.63, 3.8) is 0 Å². The molecule has 0 spiro atoms. The summed E-state index contributed by atoms with van der Waals surface area (Å²) in [6.07, 6.45) is 1.52. The van der Waals surface area contributed by atoms with Gasteiger partial charge in [-0.2, -0.15) is 5.10 Å². The Hall–Kier alpha value is -2.44. The lowest BCUT2D eigenvalue weighted by atomic mass is 10.2. The molecule has 2 aromatic heterocycles. The Morgan fingerprint density at radius 3 is 2.45 bits per heavy atom. The summed E-state index contributed by atoms with van der Waals surface area (Å²) in [7, 11) is 2.99. The third-order valence-electron chi connectivity index (χ3n) is 2.77. The van der Waals surface area contributed by atoms with Crippen molar-refractivity contribution in [1.82, 2.24) is 20.0 Å². The molecule has 2 rings (SSSR count). The molecule has 0 bridgehead atoms. The summed E-state index contributed by atoms with van der Waals surface area (Å²) >= 11 is 0. The lowest BCUT2D eigenvalue weighted by molar-refractivity contribution is 0.101. The van der Waals surface area contributed by atoms with Gasteiger partial charge in [-0.15, -0.1) is 10.2 Å². The van der Waals surface area contributed by atoms with E-state index in [0.717, 1.165) is 0 Å². The molecule has 0 radical (unpaired) electrons. The van der Waals surface area contributed by atoms with E-state index >= 15 is 0 Å². The van der Waals surface area contributed by atoms with Crippen LogP contribution in [0.3, 0.4) is 0 Å². The van der Waals surface area contributed by atoms with Crippen LogP contribution >= 0.6 is 0 Å². The fourth-order valence-corrected chi connectivity index (χ4v) is 1.77. The molecule has 7 nitrogen and oxygen atoms in total. The third kappa shape index (κ3) is 2.47. The van der Waals surface area contributed by atoms with E-state index in [0.29, 0.717) is 17.3 Å². The van der Waals surface area contributed by atoms with Crippen molar-refractivity contribution in [2.24, 2.45) is 0 Å². The number of ketones is 1. The normalized spacial score (nSPS) is 10.7. The SMILES string of the molecule is COc1ccc(C(=O)c2c(OC)cnn2C(C)C)nn1. The van der Waals surface area contributed by atoms with Crippen LogP contribution in [0.25, 0.3) is 0 Å². The van der Waals surface area contributed by atoms with E-state index in [4.69, 9.17) is 9.47 Å². The van der Waals surface area contributed by atoms with Gasteiger partial charge in [-0.1, -0.05) is 0 Å². The lowest BCUT2D eigenvalue weighted by Gasteiger charge is -2.10. The molecule has 7 heteroatoms. The summed E-state index contributed by atoms with van der Waals surface area (Å²) in [5, 5.41) is 11.8. The zero-order chi connectivity index (χ0) is 14.7. The monoisotopic (exact) mass is 276 g/mol. The van der Waals surface area contributed by atoms with E-state index in [-0.39, 0.29) is 17.5 Å². The zero-order valence-corrected chi connectivity index (χ0v) is 11.8. The molecule has 0 atom stereocenters. The predicted octanol–water partition coefficient (Wildman–Crippen LogP) is 1.50. The number of hydrogen-bond acceptors (Lipinski definition) is 6. The molecule has 2 heterocycles. The maximum Gasteiger partial charge on any atom is 0.235 e. The molecule has 2 aromatic rings. The van der Waals surface area contributed by atoms with Crippen molar-refractivity contribution < 1.29 is 14.3 Å². The van der Waals surface area contributed by atoms with Gasteiger partial charge in [0.25, 0.3) is 0 Å². The summed E-state index contributed by atoms with van der Waals surface area (Å²) in [5.74, 6) is 0.482. The Morgan fingerprint density at radius 2 is 1.95 bits per heavy atom. The third-order valence-corrected chi connectivity index (χ3v) is 2.77. The number of carbonyl (C=O) groups is 1. The number of aromatic nitrogens is 4. The Morgan fingerprint density at radius 1 is 1.20 bits per heavy atom. The Balaban J connectivity index is 2.43. The van der Waals surface area contributed by atoms with Gasteiger partial charge in [-0.05, 0) is 19.9 Å². The molecular weight excluding hydrogens is 260 g/mol. The topological polar surface area (TPSA) is 79.1 Å². The average Bonchev–Trinajstić information content (AvgIpc) is 2.90. The molecule has 0 aromatic carbocycles. The minimum Gasteiger partial charge on any atom is -0.493 e. The number of rotatable bonds is 5. The van der Waals surface area contributed by atoms with Gasteiger partial charge in [0.15, 0.2) is 11.4 Å². The number of hydrogen-bond donors (Lipinski definition) is 0. The molecule has 0 amide bonds. The van der Waals surface area contributed by atoms with Gasteiger partial charge in [-0.25, -0.2) is 0 Å². The summed E-state index contributed by atoms with van der Waals surface area (Å²) in [5.41, 5.74) is 0.577. The fourth-order valence-electron chi connectivity index (χ4n) is 1.77. The van der Waals surface area contributed by atoms with E-state index in [1.165, 1.54) is 20.4 Å². The van der Waals surface area contributed by atoms with Gasteiger partial charge >= 0.3 is 0 Å². The van der Waals surface area contributed by atoms with Gasteiger partial charge < -0.3 is 9.47 Å². The fraction of sp³-hybridized carbons (Fsp3) is 0.385. The van der Waals surface area contributed by atoms with Crippen LogP contribution in [0.5, 0.6) is 11.6 Å². The van der Waals surface area contributed by atoms with Crippen molar-refractivity contribution in [1.29, 1.82) is 0 Å². The van der Waals surface area contributed by atoms with Gasteiger partial charge in [0.1, 0.15) is 5.69 Å².